The SMILES string of the molecule is C[C@H](NC(=O)[C@@H]1Cc2cccc(c2)Oc2cccc(c2)C[C@H](N2CCCC2=O)C(=O)N[C@@H](CCN2CCCCC2)C(=O)N1)C1CC1. The van der Waals surface area contributed by atoms with E-state index in [1.165, 1.54) is 6.42 Å². The number of benzene rings is 2. The Morgan fingerprint density at radius 1 is 0.891 bits per heavy atom. The van der Waals surface area contributed by atoms with Gasteiger partial charge in [0.15, 0.2) is 0 Å². The summed E-state index contributed by atoms with van der Waals surface area (Å²) in [5, 5.41) is 9.20. The molecule has 6 rings (SSSR count). The van der Waals surface area contributed by atoms with Crippen LogP contribution in [0, 0.1) is 5.92 Å². The minimum atomic E-state index is -0.861. The van der Waals surface area contributed by atoms with Crippen molar-refractivity contribution in [1.29, 1.82) is 0 Å². The summed E-state index contributed by atoms with van der Waals surface area (Å²) in [6.07, 6.45) is 7.67. The summed E-state index contributed by atoms with van der Waals surface area (Å²) in [6, 6.07) is 12.7. The predicted octanol–water partition coefficient (Wildman–Crippen LogP) is 3.33. The molecule has 46 heavy (non-hydrogen) atoms. The first-order valence-electron chi connectivity index (χ1n) is 17.1. The molecular weight excluding hydrogens is 582 g/mol. The number of amides is 4. The number of piperidine rings is 1. The number of carbonyl (C=O) groups excluding carboxylic acids is 4. The lowest BCUT2D eigenvalue weighted by Gasteiger charge is -2.31. The molecule has 3 aliphatic heterocycles. The minimum absolute atomic E-state index is 0.0139. The normalized spacial score (nSPS) is 25.3. The molecule has 0 unspecified atom stereocenters. The Morgan fingerprint density at radius 2 is 1.59 bits per heavy atom. The molecule has 4 atom stereocenters. The Morgan fingerprint density at radius 3 is 2.24 bits per heavy atom. The van der Waals surface area contributed by atoms with Gasteiger partial charge in [0.1, 0.15) is 29.6 Å². The van der Waals surface area contributed by atoms with Gasteiger partial charge < -0.3 is 30.5 Å². The van der Waals surface area contributed by atoms with Gasteiger partial charge in [-0.15, -0.1) is 0 Å². The average Bonchev–Trinajstić information content (AvgIpc) is 3.82. The number of hydrogen-bond acceptors (Lipinski definition) is 6. The second kappa shape index (κ2) is 14.7. The van der Waals surface area contributed by atoms with Crippen LogP contribution in [0.5, 0.6) is 11.5 Å². The maximum absolute atomic E-state index is 14.1. The topological polar surface area (TPSA) is 120 Å². The predicted molar refractivity (Wildman–Crippen MR) is 174 cm³/mol. The summed E-state index contributed by atoms with van der Waals surface area (Å²) in [5.74, 6) is 0.638. The van der Waals surface area contributed by atoms with Crippen LogP contribution in [0.1, 0.15) is 69.4 Å². The van der Waals surface area contributed by atoms with E-state index in [2.05, 4.69) is 20.9 Å². The van der Waals surface area contributed by atoms with Crippen LogP contribution in [-0.4, -0.2) is 83.8 Å². The van der Waals surface area contributed by atoms with E-state index in [1.54, 1.807) is 4.90 Å². The van der Waals surface area contributed by atoms with Crippen LogP contribution in [0.2, 0.25) is 0 Å². The molecule has 0 radical (unpaired) electrons. The first-order valence-corrected chi connectivity index (χ1v) is 17.1. The summed E-state index contributed by atoms with van der Waals surface area (Å²) in [7, 11) is 0. The van der Waals surface area contributed by atoms with E-state index in [-0.39, 0.29) is 30.2 Å². The van der Waals surface area contributed by atoms with Crippen molar-refractivity contribution in [2.75, 3.05) is 26.2 Å². The fourth-order valence-electron chi connectivity index (χ4n) is 6.96. The molecule has 0 aromatic heterocycles. The van der Waals surface area contributed by atoms with Crippen LogP contribution >= 0.6 is 0 Å². The van der Waals surface area contributed by atoms with Gasteiger partial charge in [-0.3, -0.25) is 19.2 Å². The number of nitrogens with one attached hydrogen (secondary N) is 3. The highest BCUT2D eigenvalue weighted by Crippen LogP contribution is 2.32. The van der Waals surface area contributed by atoms with E-state index in [0.29, 0.717) is 56.2 Å². The van der Waals surface area contributed by atoms with Gasteiger partial charge in [0.05, 0.1) is 0 Å². The zero-order chi connectivity index (χ0) is 32.0. The second-order valence-electron chi connectivity index (χ2n) is 13.5. The van der Waals surface area contributed by atoms with Gasteiger partial charge in [0, 0.05) is 38.4 Å². The molecule has 3 fully saturated rings. The number of likely N-dealkylation sites (tertiary alicyclic amines) is 2. The summed E-state index contributed by atoms with van der Waals surface area (Å²) < 4.78 is 6.22. The highest BCUT2D eigenvalue weighted by atomic mass is 16.5. The molecule has 4 bridgehead atoms. The van der Waals surface area contributed by atoms with Crippen LogP contribution in [0.4, 0.5) is 0 Å². The molecule has 1 saturated carbocycles. The Hall–Kier alpha value is -3.92. The summed E-state index contributed by atoms with van der Waals surface area (Å²) in [4.78, 5) is 58.8. The fourth-order valence-corrected chi connectivity index (χ4v) is 6.96. The van der Waals surface area contributed by atoms with Crippen molar-refractivity contribution in [3.05, 3.63) is 59.7 Å². The smallest absolute Gasteiger partial charge is 0.243 e. The van der Waals surface area contributed by atoms with E-state index in [0.717, 1.165) is 49.9 Å². The van der Waals surface area contributed by atoms with Gasteiger partial charge in [-0.1, -0.05) is 30.7 Å². The van der Waals surface area contributed by atoms with Crippen molar-refractivity contribution < 1.29 is 23.9 Å². The van der Waals surface area contributed by atoms with E-state index in [9.17, 15) is 19.2 Å². The largest absolute Gasteiger partial charge is 0.457 e. The van der Waals surface area contributed by atoms with Gasteiger partial charge in [0.2, 0.25) is 23.6 Å². The average molecular weight is 630 g/mol. The zero-order valence-electron chi connectivity index (χ0n) is 26.8. The zero-order valence-corrected chi connectivity index (χ0v) is 26.8. The van der Waals surface area contributed by atoms with Crippen molar-refractivity contribution in [3.8, 4) is 11.5 Å². The Kier molecular flexibility index (Phi) is 10.2. The minimum Gasteiger partial charge on any atom is -0.457 e. The number of rotatable bonds is 7. The maximum atomic E-state index is 14.1. The number of hydrogen-bond donors (Lipinski definition) is 3. The molecule has 2 aromatic carbocycles. The molecule has 2 saturated heterocycles. The molecule has 246 valence electrons. The molecule has 10 nitrogen and oxygen atoms in total. The molecule has 4 aliphatic rings. The van der Waals surface area contributed by atoms with Crippen LogP contribution in [0.25, 0.3) is 0 Å². The molecule has 0 spiro atoms. The quantitative estimate of drug-likeness (QED) is 0.433. The fraction of sp³-hybridized carbons (Fsp3) is 0.556. The lowest BCUT2D eigenvalue weighted by molar-refractivity contribution is -0.139. The van der Waals surface area contributed by atoms with E-state index in [4.69, 9.17) is 4.74 Å². The standard InChI is InChI=1S/C36H47N5O5/c1-24(27-13-14-27)37-35(44)31-22-25-8-5-10-28(20-25)46-29-11-6-9-26(21-29)23-32(41-18-7-12-33(41)42)36(45)38-30(34(43)39-31)15-19-40-16-3-2-4-17-40/h5-6,8-11,20-21,24,27,30-32H,2-4,7,12-19,22-23H2,1H3,(H,37,44)(H,38,45)(H,39,43)/t24-,30-,31-,32-/m0/s1. The molecule has 2 aromatic rings. The van der Waals surface area contributed by atoms with Crippen molar-refractivity contribution in [1.82, 2.24) is 25.8 Å². The molecule has 3 N–H and O–H groups in total. The molecular formula is C36H47N5O5. The van der Waals surface area contributed by atoms with Crippen LogP contribution in [-0.2, 0) is 32.0 Å². The Balaban J connectivity index is 1.33. The number of carbonyl (C=O) groups is 4. The summed E-state index contributed by atoms with van der Waals surface area (Å²) in [6.45, 7) is 5.09. The monoisotopic (exact) mass is 629 g/mol. The Bertz CT molecular complexity index is 1420. The molecule has 1 aliphatic carbocycles. The lowest BCUT2D eigenvalue weighted by Crippen LogP contribution is -2.58. The van der Waals surface area contributed by atoms with E-state index < -0.39 is 24.0 Å². The van der Waals surface area contributed by atoms with Gasteiger partial charge in [-0.2, -0.15) is 0 Å². The van der Waals surface area contributed by atoms with Crippen LogP contribution in [0.3, 0.4) is 0 Å². The van der Waals surface area contributed by atoms with Crippen molar-refractivity contribution in [3.63, 3.8) is 0 Å². The summed E-state index contributed by atoms with van der Waals surface area (Å²) >= 11 is 0. The number of ether oxygens (including phenoxy) is 1. The third kappa shape index (κ3) is 8.26. The third-order valence-corrected chi connectivity index (χ3v) is 9.84. The maximum Gasteiger partial charge on any atom is 0.243 e. The third-order valence-electron chi connectivity index (χ3n) is 9.84. The summed E-state index contributed by atoms with van der Waals surface area (Å²) in [5.41, 5.74) is 1.71. The second-order valence-corrected chi connectivity index (χ2v) is 13.5. The first kappa shape index (κ1) is 32.0. The van der Waals surface area contributed by atoms with Gasteiger partial charge in [-0.05, 0) is 99.8 Å². The van der Waals surface area contributed by atoms with Crippen molar-refractivity contribution >= 4 is 23.6 Å². The number of fused-ring (bicyclic) bond motifs is 4. The lowest BCUT2D eigenvalue weighted by atomic mass is 10.0. The highest BCUT2D eigenvalue weighted by Gasteiger charge is 2.37. The van der Waals surface area contributed by atoms with Crippen molar-refractivity contribution in [2.45, 2.75) is 95.3 Å². The van der Waals surface area contributed by atoms with Crippen LogP contribution < -0.4 is 20.7 Å². The number of nitrogens with zero attached hydrogens (tertiary/aromatic N) is 2. The van der Waals surface area contributed by atoms with Gasteiger partial charge in [0.25, 0.3) is 0 Å². The molecule has 4 amide bonds. The van der Waals surface area contributed by atoms with Crippen molar-refractivity contribution in [2.24, 2.45) is 5.92 Å². The van der Waals surface area contributed by atoms with Gasteiger partial charge >= 0.3 is 0 Å². The van der Waals surface area contributed by atoms with E-state index >= 15 is 0 Å². The first-order chi connectivity index (χ1) is 22.3. The van der Waals surface area contributed by atoms with E-state index in [1.807, 2.05) is 55.5 Å². The van der Waals surface area contributed by atoms with Gasteiger partial charge in [-0.25, -0.2) is 0 Å². The van der Waals surface area contributed by atoms with Crippen LogP contribution in [0.15, 0.2) is 48.5 Å². The molecule has 10 heteroatoms. The Labute approximate surface area is 271 Å². The molecule has 3 heterocycles. The highest BCUT2D eigenvalue weighted by molar-refractivity contribution is 5.94.